The first-order valence-electron chi connectivity index (χ1n) is 11.7. The van der Waals surface area contributed by atoms with Crippen molar-refractivity contribution in [2.45, 2.75) is 26.3 Å². The molecule has 8 nitrogen and oxygen atoms in total. The van der Waals surface area contributed by atoms with E-state index in [0.29, 0.717) is 0 Å². The van der Waals surface area contributed by atoms with Gasteiger partial charge in [0.1, 0.15) is 11.5 Å². The third-order valence-electron chi connectivity index (χ3n) is 6.17. The zero-order chi connectivity index (χ0) is 26.1. The number of rotatable bonds is 7. The second kappa shape index (κ2) is 12.2. The van der Waals surface area contributed by atoms with Gasteiger partial charge >= 0.3 is 17.9 Å². The average molecular weight is 494 g/mol. The first-order valence-corrected chi connectivity index (χ1v) is 11.7. The Labute approximate surface area is 210 Å². The number of aliphatic carboxylic acids is 2. The van der Waals surface area contributed by atoms with Crippen LogP contribution in [0.15, 0.2) is 78.4 Å². The van der Waals surface area contributed by atoms with E-state index in [4.69, 9.17) is 19.7 Å². The molecular weight excluding hydrogens is 462 g/mol. The van der Waals surface area contributed by atoms with Crippen LogP contribution in [0.5, 0.6) is 11.5 Å². The Hall–Kier alpha value is -3.91. The summed E-state index contributed by atoms with van der Waals surface area (Å²) >= 11 is 0. The lowest BCUT2D eigenvalue weighted by Gasteiger charge is -2.23. The number of likely N-dealkylation sites (tertiary alicyclic amines) is 1. The lowest BCUT2D eigenvalue weighted by molar-refractivity contribution is -0.146. The van der Waals surface area contributed by atoms with Gasteiger partial charge in [0.25, 0.3) is 0 Å². The van der Waals surface area contributed by atoms with Crippen molar-refractivity contribution < 1.29 is 34.1 Å². The molecule has 1 aliphatic heterocycles. The summed E-state index contributed by atoms with van der Waals surface area (Å²) in [6.45, 7) is 4.00. The molecule has 2 unspecified atom stereocenters. The zero-order valence-corrected chi connectivity index (χ0v) is 20.4. The molecule has 0 amide bonds. The van der Waals surface area contributed by atoms with Crippen molar-refractivity contribution in [3.63, 3.8) is 0 Å². The fourth-order valence-electron chi connectivity index (χ4n) is 4.11. The van der Waals surface area contributed by atoms with Crippen molar-refractivity contribution in [3.05, 3.63) is 84.0 Å². The maximum Gasteiger partial charge on any atom is 0.331 e. The van der Waals surface area contributed by atoms with Crippen molar-refractivity contribution in [1.29, 1.82) is 0 Å². The predicted molar refractivity (Wildman–Crippen MR) is 134 cm³/mol. The molecule has 0 saturated carbocycles. The number of nitrogens with zero attached hydrogens (tertiary/aromatic N) is 1. The molecule has 0 spiro atoms. The van der Waals surface area contributed by atoms with Crippen LogP contribution in [0.4, 0.5) is 0 Å². The molecule has 0 aromatic heterocycles. The van der Waals surface area contributed by atoms with Crippen LogP contribution in [-0.2, 0) is 25.7 Å². The molecule has 1 fully saturated rings. The number of carboxylic acid groups (broad SMARTS) is 2. The Morgan fingerprint density at radius 2 is 1.78 bits per heavy atom. The lowest BCUT2D eigenvalue weighted by Crippen LogP contribution is -2.28. The van der Waals surface area contributed by atoms with E-state index in [1.54, 1.807) is 0 Å². The second-order valence-electron chi connectivity index (χ2n) is 9.06. The molecule has 8 heteroatoms. The van der Waals surface area contributed by atoms with Gasteiger partial charge in [-0.15, -0.1) is 0 Å². The van der Waals surface area contributed by atoms with Crippen LogP contribution in [-0.4, -0.2) is 53.2 Å². The molecule has 190 valence electrons. The number of carbonyl (C=O) groups excluding carboxylic acids is 1. The van der Waals surface area contributed by atoms with Crippen LogP contribution >= 0.6 is 0 Å². The number of carboxylic acids is 2. The van der Waals surface area contributed by atoms with Gasteiger partial charge in [-0.25, -0.2) is 4.79 Å². The quantitative estimate of drug-likeness (QED) is 0.541. The fraction of sp³-hybridized carbons (Fsp3) is 0.321. The van der Waals surface area contributed by atoms with Gasteiger partial charge in [-0.3, -0.25) is 14.5 Å². The third kappa shape index (κ3) is 7.29. The monoisotopic (exact) mass is 493 g/mol. The van der Waals surface area contributed by atoms with Gasteiger partial charge in [-0.1, -0.05) is 48.6 Å². The van der Waals surface area contributed by atoms with E-state index in [9.17, 15) is 14.4 Å². The highest BCUT2D eigenvalue weighted by Gasteiger charge is 2.34. The highest BCUT2D eigenvalue weighted by Crippen LogP contribution is 2.31. The smallest absolute Gasteiger partial charge is 0.331 e. The van der Waals surface area contributed by atoms with Gasteiger partial charge in [0.2, 0.25) is 0 Å². The summed E-state index contributed by atoms with van der Waals surface area (Å²) < 4.78 is 10.7. The standard InChI is InChI=1S/C19H21NO3.C9H10O4/c1-22-19(21)16-10-11-20(14-16)13-15-6-5-9-18(12-15)23-17-7-3-2-4-8-17;1-9(8(12)13)4-2-3-6(5-9)7(10)11/h2-9,12,16H,10-11,13-14H2,1H3;2-4H,5H2,1H3,(H,10,11)(H,12,13). The Balaban J connectivity index is 0.000000236. The maximum absolute atomic E-state index is 11.6. The summed E-state index contributed by atoms with van der Waals surface area (Å²) in [6.07, 6.45) is 5.30. The number of carbonyl (C=O) groups is 3. The minimum absolute atomic E-state index is 0.00347. The van der Waals surface area contributed by atoms with Crippen LogP contribution in [0.25, 0.3) is 0 Å². The Morgan fingerprint density at radius 1 is 1.06 bits per heavy atom. The largest absolute Gasteiger partial charge is 0.481 e. The van der Waals surface area contributed by atoms with Gasteiger partial charge < -0.3 is 19.7 Å². The van der Waals surface area contributed by atoms with Gasteiger partial charge in [-0.05, 0) is 56.1 Å². The molecule has 1 aliphatic carbocycles. The second-order valence-corrected chi connectivity index (χ2v) is 9.06. The molecule has 1 saturated heterocycles. The molecule has 2 aromatic rings. The normalized spacial score (nSPS) is 21.1. The van der Waals surface area contributed by atoms with Crippen LogP contribution in [0.1, 0.15) is 25.3 Å². The number of methoxy groups -OCH3 is 1. The highest BCUT2D eigenvalue weighted by molar-refractivity contribution is 5.90. The number of allylic oxidation sites excluding steroid dienone is 2. The molecule has 0 radical (unpaired) electrons. The summed E-state index contributed by atoms with van der Waals surface area (Å²) in [5, 5.41) is 17.5. The molecule has 4 rings (SSSR count). The van der Waals surface area contributed by atoms with Crippen molar-refractivity contribution in [1.82, 2.24) is 4.90 Å². The van der Waals surface area contributed by atoms with E-state index < -0.39 is 17.4 Å². The van der Waals surface area contributed by atoms with Crippen LogP contribution in [0.2, 0.25) is 0 Å². The lowest BCUT2D eigenvalue weighted by atomic mass is 9.80. The number of ether oxygens (including phenoxy) is 2. The molecule has 0 bridgehead atoms. The Bertz CT molecular complexity index is 1140. The van der Waals surface area contributed by atoms with Crippen LogP contribution in [0.3, 0.4) is 0 Å². The van der Waals surface area contributed by atoms with E-state index in [1.807, 2.05) is 42.5 Å². The molecule has 2 aliphatic rings. The molecule has 2 N–H and O–H groups in total. The van der Waals surface area contributed by atoms with Gasteiger partial charge in [0.15, 0.2) is 0 Å². The van der Waals surface area contributed by atoms with Crippen molar-refractivity contribution in [2.75, 3.05) is 20.2 Å². The zero-order valence-electron chi connectivity index (χ0n) is 20.4. The minimum atomic E-state index is -1.08. The summed E-state index contributed by atoms with van der Waals surface area (Å²) in [5.74, 6) is -0.501. The van der Waals surface area contributed by atoms with Crippen LogP contribution in [0, 0.1) is 11.3 Å². The number of para-hydroxylation sites is 1. The van der Waals surface area contributed by atoms with Crippen molar-refractivity contribution in [3.8, 4) is 11.5 Å². The first kappa shape index (κ1) is 26.7. The van der Waals surface area contributed by atoms with E-state index in [1.165, 1.54) is 37.8 Å². The fourth-order valence-corrected chi connectivity index (χ4v) is 4.11. The molecule has 2 atom stereocenters. The van der Waals surface area contributed by atoms with E-state index in [0.717, 1.165) is 37.6 Å². The Morgan fingerprint density at radius 3 is 2.44 bits per heavy atom. The van der Waals surface area contributed by atoms with E-state index in [-0.39, 0.29) is 23.9 Å². The van der Waals surface area contributed by atoms with Gasteiger partial charge in [0, 0.05) is 18.7 Å². The van der Waals surface area contributed by atoms with Crippen molar-refractivity contribution >= 4 is 17.9 Å². The SMILES string of the molecule is CC1(C(=O)O)C=CC=C(C(=O)O)C1.COC(=O)C1CCN(Cc2cccc(Oc3ccccc3)c2)C1. The first-order chi connectivity index (χ1) is 17.2. The predicted octanol–water partition coefficient (Wildman–Crippen LogP) is 4.52. The van der Waals surface area contributed by atoms with E-state index >= 15 is 0 Å². The highest BCUT2D eigenvalue weighted by atomic mass is 16.5. The third-order valence-corrected chi connectivity index (χ3v) is 6.17. The minimum Gasteiger partial charge on any atom is -0.481 e. The maximum atomic E-state index is 11.6. The number of benzene rings is 2. The summed E-state index contributed by atoms with van der Waals surface area (Å²) in [5.41, 5.74) is 0.235. The number of esters is 1. The average Bonchev–Trinajstić information content (AvgIpc) is 3.33. The number of hydrogen-bond donors (Lipinski definition) is 2. The van der Waals surface area contributed by atoms with Gasteiger partial charge in [0.05, 0.1) is 18.4 Å². The van der Waals surface area contributed by atoms with Crippen molar-refractivity contribution in [2.24, 2.45) is 11.3 Å². The molecule has 2 aromatic carbocycles. The number of hydrogen-bond acceptors (Lipinski definition) is 6. The molecule has 1 heterocycles. The van der Waals surface area contributed by atoms with Gasteiger partial charge in [-0.2, -0.15) is 0 Å². The summed E-state index contributed by atoms with van der Waals surface area (Å²) in [7, 11) is 1.45. The summed E-state index contributed by atoms with van der Waals surface area (Å²) in [4.78, 5) is 35.2. The Kier molecular flexibility index (Phi) is 9.02. The topological polar surface area (TPSA) is 113 Å². The molecule has 36 heavy (non-hydrogen) atoms. The summed E-state index contributed by atoms with van der Waals surface area (Å²) in [6, 6.07) is 17.9. The van der Waals surface area contributed by atoms with E-state index in [2.05, 4.69) is 17.0 Å². The molecular formula is C28H31NO7. The van der Waals surface area contributed by atoms with Crippen LogP contribution < -0.4 is 4.74 Å².